The van der Waals surface area contributed by atoms with E-state index in [0.717, 1.165) is 0 Å². The van der Waals surface area contributed by atoms with E-state index in [9.17, 15) is 15.0 Å². The third kappa shape index (κ3) is 2.83. The van der Waals surface area contributed by atoms with Crippen LogP contribution in [0, 0.1) is 11.8 Å². The molecule has 6 heteroatoms. The molecule has 1 fully saturated rings. The van der Waals surface area contributed by atoms with Gasteiger partial charge in [0.15, 0.2) is 5.60 Å². The van der Waals surface area contributed by atoms with Crippen molar-refractivity contribution in [1.82, 2.24) is 0 Å². The van der Waals surface area contributed by atoms with Crippen molar-refractivity contribution in [3.05, 3.63) is 0 Å². The molecule has 106 valence electrons. The maximum atomic E-state index is 11.2. The minimum Gasteiger partial charge on any atom is -0.479 e. The van der Waals surface area contributed by atoms with Crippen LogP contribution in [0.15, 0.2) is 0 Å². The van der Waals surface area contributed by atoms with Gasteiger partial charge in [-0.3, -0.25) is 0 Å². The van der Waals surface area contributed by atoms with Crippen molar-refractivity contribution in [2.75, 3.05) is 6.61 Å². The van der Waals surface area contributed by atoms with Gasteiger partial charge in [-0.1, -0.05) is 13.8 Å². The zero-order valence-electron chi connectivity index (χ0n) is 10.9. The number of rotatable bonds is 4. The van der Waals surface area contributed by atoms with Crippen molar-refractivity contribution in [1.29, 1.82) is 0 Å². The summed E-state index contributed by atoms with van der Waals surface area (Å²) in [5.74, 6) is -2.00. The molecule has 1 heterocycles. The number of aliphatic hydroxyl groups is 3. The molecule has 1 saturated heterocycles. The van der Waals surface area contributed by atoms with Gasteiger partial charge in [-0.05, 0) is 6.92 Å². The van der Waals surface area contributed by atoms with E-state index in [0.29, 0.717) is 0 Å². The van der Waals surface area contributed by atoms with Crippen LogP contribution in [0.1, 0.15) is 27.2 Å². The molecule has 0 aromatic heterocycles. The van der Waals surface area contributed by atoms with Crippen LogP contribution in [0.4, 0.5) is 0 Å². The van der Waals surface area contributed by atoms with Crippen molar-refractivity contribution in [2.24, 2.45) is 11.8 Å². The third-order valence-electron chi connectivity index (χ3n) is 3.78. The van der Waals surface area contributed by atoms with Gasteiger partial charge in [-0.15, -0.1) is 0 Å². The molecule has 0 aromatic carbocycles. The fraction of sp³-hybridized carbons (Fsp3) is 0.917. The first-order chi connectivity index (χ1) is 8.23. The molecule has 0 saturated carbocycles. The quantitative estimate of drug-likeness (QED) is 0.549. The molecule has 6 atom stereocenters. The standard InChI is InChI=1S/C12H22O6/c1-6(5-13)9(15)10-7(2)8(14)4-12(3,18-10)11(16)17/h6-10,13-15H,4-5H2,1-3H3,(H,16,17)/t6-,7-,8-,9-,10?,12-/m1/s1. The van der Waals surface area contributed by atoms with Gasteiger partial charge in [-0.2, -0.15) is 0 Å². The highest BCUT2D eigenvalue weighted by Gasteiger charge is 2.49. The van der Waals surface area contributed by atoms with E-state index < -0.39 is 35.8 Å². The number of ether oxygens (including phenoxy) is 1. The Morgan fingerprint density at radius 2 is 2.11 bits per heavy atom. The van der Waals surface area contributed by atoms with E-state index >= 15 is 0 Å². The molecule has 0 bridgehead atoms. The summed E-state index contributed by atoms with van der Waals surface area (Å²) >= 11 is 0. The molecular weight excluding hydrogens is 240 g/mol. The summed E-state index contributed by atoms with van der Waals surface area (Å²) in [6, 6.07) is 0. The zero-order chi connectivity index (χ0) is 14.1. The van der Waals surface area contributed by atoms with E-state index in [2.05, 4.69) is 0 Å². The van der Waals surface area contributed by atoms with Gasteiger partial charge < -0.3 is 25.2 Å². The molecule has 1 aliphatic rings. The Morgan fingerprint density at radius 3 is 2.56 bits per heavy atom. The van der Waals surface area contributed by atoms with Gasteiger partial charge in [0.2, 0.25) is 0 Å². The minimum atomic E-state index is -1.51. The van der Waals surface area contributed by atoms with E-state index in [1.54, 1.807) is 13.8 Å². The summed E-state index contributed by atoms with van der Waals surface area (Å²) in [5.41, 5.74) is -1.51. The first-order valence-electron chi connectivity index (χ1n) is 6.11. The summed E-state index contributed by atoms with van der Waals surface area (Å²) in [6.45, 7) is 4.49. The average molecular weight is 262 g/mol. The number of carboxylic acid groups (broad SMARTS) is 1. The maximum absolute atomic E-state index is 11.2. The SMILES string of the molecule is C[C@H](CO)[C@@H](O)C1O[C@@](C)(C(=O)O)C[C@@H](O)[C@H]1C. The van der Waals surface area contributed by atoms with Crippen molar-refractivity contribution in [2.45, 2.75) is 51.1 Å². The second kappa shape index (κ2) is 5.52. The summed E-state index contributed by atoms with van der Waals surface area (Å²) in [6.07, 6.45) is -2.69. The van der Waals surface area contributed by atoms with Crippen LogP contribution in [0.3, 0.4) is 0 Å². The fourth-order valence-corrected chi connectivity index (χ4v) is 2.21. The van der Waals surface area contributed by atoms with Crippen LogP contribution in [-0.4, -0.2) is 56.9 Å². The molecule has 4 N–H and O–H groups in total. The smallest absolute Gasteiger partial charge is 0.335 e. The van der Waals surface area contributed by atoms with Crippen LogP contribution in [-0.2, 0) is 9.53 Å². The van der Waals surface area contributed by atoms with Crippen molar-refractivity contribution < 1.29 is 30.0 Å². The van der Waals surface area contributed by atoms with Crippen LogP contribution >= 0.6 is 0 Å². The highest BCUT2D eigenvalue weighted by molar-refractivity contribution is 5.77. The molecule has 0 aliphatic carbocycles. The topological polar surface area (TPSA) is 107 Å². The summed E-state index contributed by atoms with van der Waals surface area (Å²) in [7, 11) is 0. The number of hydrogen-bond acceptors (Lipinski definition) is 5. The minimum absolute atomic E-state index is 0.0137. The van der Waals surface area contributed by atoms with Crippen LogP contribution in [0.5, 0.6) is 0 Å². The van der Waals surface area contributed by atoms with E-state index in [-0.39, 0.29) is 18.9 Å². The number of aliphatic carboxylic acids is 1. The molecular formula is C12H22O6. The Labute approximate surface area is 106 Å². The Hall–Kier alpha value is -0.690. The third-order valence-corrected chi connectivity index (χ3v) is 3.78. The van der Waals surface area contributed by atoms with Crippen LogP contribution in [0.2, 0.25) is 0 Å². The Morgan fingerprint density at radius 1 is 1.56 bits per heavy atom. The Balaban J connectivity index is 2.92. The summed E-state index contributed by atoms with van der Waals surface area (Å²) in [4.78, 5) is 11.2. The number of hydrogen-bond donors (Lipinski definition) is 4. The van der Waals surface area contributed by atoms with Gasteiger partial charge in [0, 0.05) is 24.9 Å². The molecule has 0 amide bonds. The molecule has 6 nitrogen and oxygen atoms in total. The molecule has 1 unspecified atom stereocenters. The Kier molecular flexibility index (Phi) is 4.72. The molecule has 0 spiro atoms. The van der Waals surface area contributed by atoms with Gasteiger partial charge in [0.05, 0.1) is 18.3 Å². The van der Waals surface area contributed by atoms with Crippen LogP contribution in [0.25, 0.3) is 0 Å². The van der Waals surface area contributed by atoms with E-state index in [4.69, 9.17) is 14.9 Å². The van der Waals surface area contributed by atoms with Crippen molar-refractivity contribution >= 4 is 5.97 Å². The second-order valence-corrected chi connectivity index (χ2v) is 5.40. The van der Waals surface area contributed by atoms with Gasteiger partial charge >= 0.3 is 5.97 Å². The van der Waals surface area contributed by atoms with Crippen molar-refractivity contribution in [3.8, 4) is 0 Å². The average Bonchev–Trinajstić information content (AvgIpc) is 2.31. The summed E-state index contributed by atoms with van der Waals surface area (Å²) < 4.78 is 5.48. The Bertz CT molecular complexity index is 307. The number of aliphatic hydroxyl groups excluding tert-OH is 3. The molecule has 0 aromatic rings. The molecule has 0 radical (unpaired) electrons. The predicted octanol–water partition coefficient (Wildman–Crippen LogP) is -0.395. The first-order valence-corrected chi connectivity index (χ1v) is 6.11. The van der Waals surface area contributed by atoms with Crippen LogP contribution < -0.4 is 0 Å². The lowest BCUT2D eigenvalue weighted by atomic mass is 9.80. The number of carbonyl (C=O) groups is 1. The van der Waals surface area contributed by atoms with Gasteiger partial charge in [-0.25, -0.2) is 4.79 Å². The van der Waals surface area contributed by atoms with E-state index in [1.807, 2.05) is 0 Å². The molecule has 1 aliphatic heterocycles. The van der Waals surface area contributed by atoms with Crippen molar-refractivity contribution in [3.63, 3.8) is 0 Å². The summed E-state index contributed by atoms with van der Waals surface area (Å²) in [5, 5.41) is 38.1. The van der Waals surface area contributed by atoms with E-state index in [1.165, 1.54) is 6.92 Å². The molecule has 18 heavy (non-hydrogen) atoms. The second-order valence-electron chi connectivity index (χ2n) is 5.40. The highest BCUT2D eigenvalue weighted by Crippen LogP contribution is 2.35. The predicted molar refractivity (Wildman–Crippen MR) is 63.0 cm³/mol. The monoisotopic (exact) mass is 262 g/mol. The largest absolute Gasteiger partial charge is 0.479 e. The van der Waals surface area contributed by atoms with Gasteiger partial charge in [0.1, 0.15) is 0 Å². The molecule has 1 rings (SSSR count). The lowest BCUT2D eigenvalue weighted by Gasteiger charge is -2.44. The first kappa shape index (κ1) is 15.4. The normalized spacial score (nSPS) is 40.2. The zero-order valence-corrected chi connectivity index (χ0v) is 10.9. The maximum Gasteiger partial charge on any atom is 0.335 e. The highest BCUT2D eigenvalue weighted by atomic mass is 16.5. The lowest BCUT2D eigenvalue weighted by Crippen LogP contribution is -2.57. The van der Waals surface area contributed by atoms with Gasteiger partial charge in [0.25, 0.3) is 0 Å². The fourth-order valence-electron chi connectivity index (χ4n) is 2.21. The lowest BCUT2D eigenvalue weighted by molar-refractivity contribution is -0.227. The number of carboxylic acids is 1.